The zero-order valence-corrected chi connectivity index (χ0v) is 14.7. The van der Waals surface area contributed by atoms with E-state index in [9.17, 15) is 18.0 Å². The molecule has 7 heteroatoms. The first-order valence-corrected chi connectivity index (χ1v) is 9.11. The van der Waals surface area contributed by atoms with Crippen LogP contribution >= 0.6 is 0 Å². The molecule has 2 aromatic rings. The fourth-order valence-electron chi connectivity index (χ4n) is 3.82. The van der Waals surface area contributed by atoms with Crippen molar-refractivity contribution in [1.29, 1.82) is 0 Å². The van der Waals surface area contributed by atoms with E-state index in [1.165, 1.54) is 12.1 Å². The summed E-state index contributed by atoms with van der Waals surface area (Å²) in [7, 11) is 0. The van der Waals surface area contributed by atoms with Crippen molar-refractivity contribution in [3.05, 3.63) is 53.2 Å². The number of allylic oxidation sites excluding steroid dienone is 2. The maximum atomic E-state index is 12.8. The highest BCUT2D eigenvalue weighted by molar-refractivity contribution is 5.80. The molecular formula is C20H20F3N3O. The van der Waals surface area contributed by atoms with Crippen molar-refractivity contribution in [3.8, 4) is 11.3 Å². The van der Waals surface area contributed by atoms with E-state index in [0.717, 1.165) is 42.7 Å². The molecular weight excluding hydrogens is 355 g/mol. The van der Waals surface area contributed by atoms with Crippen LogP contribution in [0.4, 0.5) is 13.2 Å². The lowest BCUT2D eigenvalue weighted by Gasteiger charge is -2.31. The van der Waals surface area contributed by atoms with Gasteiger partial charge < -0.3 is 4.90 Å². The number of benzene rings is 1. The molecule has 0 spiro atoms. The van der Waals surface area contributed by atoms with Gasteiger partial charge >= 0.3 is 6.18 Å². The molecule has 1 unspecified atom stereocenters. The number of amides is 1. The van der Waals surface area contributed by atoms with Gasteiger partial charge in [0.2, 0.25) is 5.91 Å². The quantitative estimate of drug-likeness (QED) is 0.794. The average Bonchev–Trinajstić information content (AvgIpc) is 3.10. The molecule has 0 saturated heterocycles. The van der Waals surface area contributed by atoms with Crippen LogP contribution in [0.5, 0.6) is 0 Å². The van der Waals surface area contributed by atoms with Crippen LogP contribution in [0.3, 0.4) is 0 Å². The summed E-state index contributed by atoms with van der Waals surface area (Å²) in [5, 5.41) is 7.30. The number of H-pyrrole nitrogens is 1. The molecule has 0 saturated carbocycles. The topological polar surface area (TPSA) is 49.0 Å². The smallest absolute Gasteiger partial charge is 0.338 e. The fourth-order valence-corrected chi connectivity index (χ4v) is 3.82. The van der Waals surface area contributed by atoms with E-state index in [0.29, 0.717) is 30.8 Å². The standard InChI is InChI=1S/C20H20F3N3O/c21-20(22,23)15-8-6-13(7-9-15)18-16-12-26(11-10-17(16)24-25-18)19(27)14-4-2-1-3-5-14/h1-2,6-9,14H,3-5,10-12H2,(H,24,25). The van der Waals surface area contributed by atoms with Gasteiger partial charge in [-0.2, -0.15) is 18.3 Å². The monoisotopic (exact) mass is 375 g/mol. The Morgan fingerprint density at radius 1 is 1.19 bits per heavy atom. The third-order valence-electron chi connectivity index (χ3n) is 5.35. The summed E-state index contributed by atoms with van der Waals surface area (Å²) in [5.41, 5.74) is 2.42. The van der Waals surface area contributed by atoms with Crippen molar-refractivity contribution in [2.45, 2.75) is 38.4 Å². The van der Waals surface area contributed by atoms with Gasteiger partial charge in [-0.25, -0.2) is 0 Å². The van der Waals surface area contributed by atoms with E-state index >= 15 is 0 Å². The largest absolute Gasteiger partial charge is 0.416 e. The van der Waals surface area contributed by atoms with E-state index in [2.05, 4.69) is 22.3 Å². The number of nitrogens with zero attached hydrogens (tertiary/aromatic N) is 2. The summed E-state index contributed by atoms with van der Waals surface area (Å²) >= 11 is 0. The zero-order valence-electron chi connectivity index (χ0n) is 14.7. The van der Waals surface area contributed by atoms with Gasteiger partial charge in [0, 0.05) is 42.2 Å². The molecule has 1 N–H and O–H groups in total. The molecule has 1 aliphatic heterocycles. The van der Waals surface area contributed by atoms with Gasteiger partial charge in [-0.1, -0.05) is 24.3 Å². The second-order valence-corrected chi connectivity index (χ2v) is 7.10. The van der Waals surface area contributed by atoms with Gasteiger partial charge in [0.1, 0.15) is 0 Å². The minimum atomic E-state index is -4.36. The maximum absolute atomic E-state index is 12.8. The van der Waals surface area contributed by atoms with Gasteiger partial charge in [-0.15, -0.1) is 0 Å². The third kappa shape index (κ3) is 3.50. The SMILES string of the molecule is O=C(C1CC=CCC1)N1CCc2[nH]nc(-c3ccc(C(F)(F)F)cc3)c2C1. The van der Waals surface area contributed by atoms with Gasteiger partial charge in [0.05, 0.1) is 11.3 Å². The highest BCUT2D eigenvalue weighted by Gasteiger charge is 2.32. The van der Waals surface area contributed by atoms with Crippen LogP contribution in [0.1, 0.15) is 36.1 Å². The summed E-state index contributed by atoms with van der Waals surface area (Å²) in [5.74, 6) is 0.183. The average molecular weight is 375 g/mol. The zero-order chi connectivity index (χ0) is 19.0. The van der Waals surface area contributed by atoms with Crippen molar-refractivity contribution in [1.82, 2.24) is 15.1 Å². The number of carbonyl (C=O) groups excluding carboxylic acids is 1. The summed E-state index contributed by atoms with van der Waals surface area (Å²) in [4.78, 5) is 14.7. The Bertz CT molecular complexity index is 868. The Labute approximate surface area is 155 Å². The molecule has 4 nitrogen and oxygen atoms in total. The molecule has 1 aromatic carbocycles. The molecule has 0 fully saturated rings. The van der Waals surface area contributed by atoms with Crippen LogP contribution in [0, 0.1) is 5.92 Å². The second kappa shape index (κ2) is 6.87. The molecule has 0 bridgehead atoms. The highest BCUT2D eigenvalue weighted by Crippen LogP contribution is 2.33. The number of aromatic nitrogens is 2. The Morgan fingerprint density at radius 3 is 2.63 bits per heavy atom. The Morgan fingerprint density at radius 2 is 1.96 bits per heavy atom. The van der Waals surface area contributed by atoms with E-state index in [1.54, 1.807) is 0 Å². The molecule has 4 rings (SSSR count). The predicted octanol–water partition coefficient (Wildman–Crippen LogP) is 4.34. The van der Waals surface area contributed by atoms with Crippen molar-refractivity contribution >= 4 is 5.91 Å². The Hall–Kier alpha value is -2.57. The van der Waals surface area contributed by atoms with Crippen molar-refractivity contribution in [2.75, 3.05) is 6.54 Å². The highest BCUT2D eigenvalue weighted by atomic mass is 19.4. The third-order valence-corrected chi connectivity index (χ3v) is 5.35. The first kappa shape index (κ1) is 17.8. The van der Waals surface area contributed by atoms with Gasteiger partial charge in [-0.05, 0) is 31.4 Å². The van der Waals surface area contributed by atoms with Crippen LogP contribution in [0.15, 0.2) is 36.4 Å². The number of aromatic amines is 1. The number of fused-ring (bicyclic) bond motifs is 1. The fraction of sp³-hybridized carbons (Fsp3) is 0.400. The van der Waals surface area contributed by atoms with Gasteiger partial charge in [-0.3, -0.25) is 9.89 Å². The first-order valence-electron chi connectivity index (χ1n) is 9.11. The molecule has 1 aromatic heterocycles. The van der Waals surface area contributed by atoms with Crippen molar-refractivity contribution in [3.63, 3.8) is 0 Å². The molecule has 142 valence electrons. The van der Waals surface area contributed by atoms with Gasteiger partial charge in [0.25, 0.3) is 0 Å². The van der Waals surface area contributed by atoms with Crippen LogP contribution < -0.4 is 0 Å². The van der Waals surface area contributed by atoms with E-state index in [1.807, 2.05) is 4.90 Å². The first-order chi connectivity index (χ1) is 12.9. The number of hydrogen-bond acceptors (Lipinski definition) is 2. The van der Waals surface area contributed by atoms with Crippen molar-refractivity contribution < 1.29 is 18.0 Å². The van der Waals surface area contributed by atoms with Crippen molar-refractivity contribution in [2.24, 2.45) is 5.92 Å². The molecule has 2 aliphatic rings. The van der Waals surface area contributed by atoms with Crippen LogP contribution in [-0.4, -0.2) is 27.5 Å². The summed E-state index contributed by atoms with van der Waals surface area (Å²) in [6.45, 7) is 1.09. The van der Waals surface area contributed by atoms with E-state index < -0.39 is 11.7 Å². The number of halogens is 3. The van der Waals surface area contributed by atoms with Gasteiger partial charge in [0.15, 0.2) is 0 Å². The maximum Gasteiger partial charge on any atom is 0.416 e. The summed E-state index contributed by atoms with van der Waals surface area (Å²) in [6, 6.07) is 5.00. The normalized spacial score (nSPS) is 19.8. The van der Waals surface area contributed by atoms with E-state index in [-0.39, 0.29) is 11.8 Å². The molecule has 1 aliphatic carbocycles. The van der Waals surface area contributed by atoms with Crippen LogP contribution in [0.2, 0.25) is 0 Å². The molecule has 1 atom stereocenters. The summed E-state index contributed by atoms with van der Waals surface area (Å²) in [6.07, 6.45) is 3.06. The summed E-state index contributed by atoms with van der Waals surface area (Å²) < 4.78 is 38.3. The Balaban J connectivity index is 1.56. The number of nitrogens with one attached hydrogen (secondary N) is 1. The lowest BCUT2D eigenvalue weighted by molar-refractivity contribution is -0.138. The Kier molecular flexibility index (Phi) is 4.53. The van der Waals surface area contributed by atoms with Crippen LogP contribution in [-0.2, 0) is 23.9 Å². The lowest BCUT2D eigenvalue weighted by Crippen LogP contribution is -2.40. The number of alkyl halides is 3. The second-order valence-electron chi connectivity index (χ2n) is 7.10. The minimum absolute atomic E-state index is 0.0259. The van der Waals surface area contributed by atoms with E-state index in [4.69, 9.17) is 0 Å². The molecule has 0 radical (unpaired) electrons. The predicted molar refractivity (Wildman–Crippen MR) is 94.6 cm³/mol. The van der Waals surface area contributed by atoms with Crippen LogP contribution in [0.25, 0.3) is 11.3 Å². The molecule has 27 heavy (non-hydrogen) atoms. The number of hydrogen-bond donors (Lipinski definition) is 1. The molecule has 1 amide bonds. The molecule has 2 heterocycles. The minimum Gasteiger partial charge on any atom is -0.338 e. The number of carbonyl (C=O) groups is 1. The number of rotatable bonds is 2. The lowest BCUT2D eigenvalue weighted by atomic mass is 9.92.